The number of H-pyrrole nitrogens is 1. The van der Waals surface area contributed by atoms with Crippen molar-refractivity contribution in [2.75, 3.05) is 49.1 Å². The Labute approximate surface area is 158 Å². The van der Waals surface area contributed by atoms with Gasteiger partial charge in [0.2, 0.25) is 0 Å². The van der Waals surface area contributed by atoms with Crippen molar-refractivity contribution in [2.24, 2.45) is 0 Å². The molecular formula is C20H25N7. The SMILES string of the molecule is c1cc2[nH]ncc2cc1-c1cnc(N2CCCC2)c(N2CCCNCC2)n1. The lowest BCUT2D eigenvalue weighted by atomic mass is 10.1. The lowest BCUT2D eigenvalue weighted by Gasteiger charge is -2.27. The highest BCUT2D eigenvalue weighted by atomic mass is 15.3. The van der Waals surface area contributed by atoms with Crippen molar-refractivity contribution in [2.45, 2.75) is 19.3 Å². The van der Waals surface area contributed by atoms with Crippen LogP contribution in [-0.2, 0) is 0 Å². The van der Waals surface area contributed by atoms with E-state index < -0.39 is 0 Å². The molecule has 4 heterocycles. The topological polar surface area (TPSA) is 73.0 Å². The van der Waals surface area contributed by atoms with E-state index in [1.54, 1.807) is 0 Å². The first-order valence-electron chi connectivity index (χ1n) is 9.90. The second-order valence-corrected chi connectivity index (χ2v) is 7.36. The third-order valence-corrected chi connectivity index (χ3v) is 5.52. The molecule has 140 valence electrons. The largest absolute Gasteiger partial charge is 0.354 e. The summed E-state index contributed by atoms with van der Waals surface area (Å²) in [7, 11) is 0. The van der Waals surface area contributed by atoms with Crippen LogP contribution in [-0.4, -0.2) is 59.4 Å². The highest BCUT2D eigenvalue weighted by Crippen LogP contribution is 2.31. The first-order valence-corrected chi connectivity index (χ1v) is 9.90. The molecule has 2 aliphatic rings. The van der Waals surface area contributed by atoms with E-state index in [0.29, 0.717) is 0 Å². The van der Waals surface area contributed by atoms with Crippen molar-refractivity contribution < 1.29 is 0 Å². The summed E-state index contributed by atoms with van der Waals surface area (Å²) in [5, 5.41) is 11.7. The Balaban J connectivity index is 1.57. The summed E-state index contributed by atoms with van der Waals surface area (Å²) in [5.74, 6) is 2.08. The Kier molecular flexibility index (Phi) is 4.37. The van der Waals surface area contributed by atoms with Gasteiger partial charge in [0.1, 0.15) is 0 Å². The Hall–Kier alpha value is -2.67. The number of nitrogens with zero attached hydrogens (tertiary/aromatic N) is 5. The zero-order chi connectivity index (χ0) is 18.1. The van der Waals surface area contributed by atoms with Crippen LogP contribution in [0.2, 0.25) is 0 Å². The van der Waals surface area contributed by atoms with Crippen molar-refractivity contribution >= 4 is 22.5 Å². The van der Waals surface area contributed by atoms with Gasteiger partial charge in [-0.1, -0.05) is 6.07 Å². The fourth-order valence-corrected chi connectivity index (χ4v) is 4.04. The van der Waals surface area contributed by atoms with Crippen LogP contribution < -0.4 is 15.1 Å². The first kappa shape index (κ1) is 16.5. The van der Waals surface area contributed by atoms with Gasteiger partial charge in [-0.3, -0.25) is 5.10 Å². The molecule has 1 aromatic carbocycles. The lowest BCUT2D eigenvalue weighted by Crippen LogP contribution is -2.31. The monoisotopic (exact) mass is 363 g/mol. The molecule has 2 aliphatic heterocycles. The molecule has 27 heavy (non-hydrogen) atoms. The van der Waals surface area contributed by atoms with Crippen LogP contribution >= 0.6 is 0 Å². The molecule has 0 amide bonds. The second kappa shape index (κ2) is 7.15. The molecule has 0 bridgehead atoms. The zero-order valence-corrected chi connectivity index (χ0v) is 15.5. The Morgan fingerprint density at radius 1 is 0.852 bits per heavy atom. The van der Waals surface area contributed by atoms with Crippen molar-refractivity contribution in [1.82, 2.24) is 25.5 Å². The Morgan fingerprint density at radius 2 is 1.70 bits per heavy atom. The molecule has 0 atom stereocenters. The van der Waals surface area contributed by atoms with Gasteiger partial charge in [0.05, 0.1) is 23.6 Å². The summed E-state index contributed by atoms with van der Waals surface area (Å²) in [4.78, 5) is 14.8. The lowest BCUT2D eigenvalue weighted by molar-refractivity contribution is 0.724. The highest BCUT2D eigenvalue weighted by Gasteiger charge is 2.23. The van der Waals surface area contributed by atoms with E-state index in [-0.39, 0.29) is 0 Å². The summed E-state index contributed by atoms with van der Waals surface area (Å²) in [6.07, 6.45) is 7.39. The number of rotatable bonds is 3. The van der Waals surface area contributed by atoms with Crippen molar-refractivity contribution in [3.63, 3.8) is 0 Å². The number of nitrogens with one attached hydrogen (secondary N) is 2. The molecule has 2 N–H and O–H groups in total. The van der Waals surface area contributed by atoms with Crippen LogP contribution in [0.25, 0.3) is 22.2 Å². The smallest absolute Gasteiger partial charge is 0.172 e. The van der Waals surface area contributed by atoms with E-state index in [1.807, 2.05) is 12.4 Å². The maximum absolute atomic E-state index is 5.11. The molecule has 3 aromatic rings. The molecule has 0 aliphatic carbocycles. The van der Waals surface area contributed by atoms with Crippen LogP contribution in [0.1, 0.15) is 19.3 Å². The Morgan fingerprint density at radius 3 is 2.63 bits per heavy atom. The fraction of sp³-hybridized carbons (Fsp3) is 0.450. The molecule has 0 spiro atoms. The third kappa shape index (κ3) is 3.23. The number of aromatic amines is 1. The van der Waals surface area contributed by atoms with E-state index in [1.165, 1.54) is 12.8 Å². The first-order chi connectivity index (χ1) is 13.4. The highest BCUT2D eigenvalue weighted by molar-refractivity contribution is 5.83. The molecule has 7 heteroatoms. The summed E-state index contributed by atoms with van der Waals surface area (Å²) in [6, 6.07) is 6.28. The van der Waals surface area contributed by atoms with Gasteiger partial charge in [0.15, 0.2) is 11.6 Å². The number of anilines is 2. The molecule has 0 saturated carbocycles. The second-order valence-electron chi connectivity index (χ2n) is 7.36. The van der Waals surface area contributed by atoms with E-state index in [9.17, 15) is 0 Å². The van der Waals surface area contributed by atoms with Gasteiger partial charge in [-0.05, 0) is 37.9 Å². The van der Waals surface area contributed by atoms with E-state index in [4.69, 9.17) is 9.97 Å². The molecule has 7 nitrogen and oxygen atoms in total. The summed E-state index contributed by atoms with van der Waals surface area (Å²) in [6.45, 7) is 6.21. The molecule has 0 unspecified atom stereocenters. The van der Waals surface area contributed by atoms with Gasteiger partial charge in [0, 0.05) is 43.7 Å². The molecule has 2 aromatic heterocycles. The van der Waals surface area contributed by atoms with Gasteiger partial charge < -0.3 is 15.1 Å². The summed E-state index contributed by atoms with van der Waals surface area (Å²) in [5.41, 5.74) is 3.05. The van der Waals surface area contributed by atoms with Crippen LogP contribution in [0.3, 0.4) is 0 Å². The van der Waals surface area contributed by atoms with E-state index >= 15 is 0 Å². The van der Waals surface area contributed by atoms with E-state index in [0.717, 1.165) is 79.5 Å². The summed E-state index contributed by atoms with van der Waals surface area (Å²) >= 11 is 0. The van der Waals surface area contributed by atoms with Gasteiger partial charge in [-0.15, -0.1) is 0 Å². The maximum atomic E-state index is 5.11. The number of hydrogen-bond donors (Lipinski definition) is 2. The minimum Gasteiger partial charge on any atom is -0.354 e. The molecule has 2 fully saturated rings. The van der Waals surface area contributed by atoms with Crippen LogP contribution in [0.5, 0.6) is 0 Å². The number of fused-ring (bicyclic) bond motifs is 1. The van der Waals surface area contributed by atoms with Gasteiger partial charge in [-0.2, -0.15) is 5.10 Å². The Bertz CT molecular complexity index is 921. The fourth-order valence-electron chi connectivity index (χ4n) is 4.04. The molecule has 5 rings (SSSR count). The standard InChI is InChI=1S/C20H25N7/c1-2-9-26(8-1)19-20(27-10-3-6-21-7-11-27)24-18(14-22-19)15-4-5-17-16(12-15)13-23-25-17/h4-5,12-14,21H,1-3,6-11H2,(H,23,25). The predicted octanol–water partition coefficient (Wildman–Crippen LogP) is 2.42. The minimum absolute atomic E-state index is 0.924. The van der Waals surface area contributed by atoms with Crippen molar-refractivity contribution in [3.8, 4) is 11.3 Å². The van der Waals surface area contributed by atoms with Crippen LogP contribution in [0.15, 0.2) is 30.6 Å². The molecular weight excluding hydrogens is 338 g/mol. The third-order valence-electron chi connectivity index (χ3n) is 5.52. The quantitative estimate of drug-likeness (QED) is 0.745. The average molecular weight is 363 g/mol. The van der Waals surface area contributed by atoms with Crippen LogP contribution in [0, 0.1) is 0 Å². The normalized spacial score (nSPS) is 18.2. The average Bonchev–Trinajstić information content (AvgIpc) is 3.33. The van der Waals surface area contributed by atoms with Crippen LogP contribution in [0.4, 0.5) is 11.6 Å². The number of benzene rings is 1. The van der Waals surface area contributed by atoms with Crippen molar-refractivity contribution in [3.05, 3.63) is 30.6 Å². The van der Waals surface area contributed by atoms with Crippen molar-refractivity contribution in [1.29, 1.82) is 0 Å². The van der Waals surface area contributed by atoms with Gasteiger partial charge >= 0.3 is 0 Å². The minimum atomic E-state index is 0.924. The van der Waals surface area contributed by atoms with Gasteiger partial charge in [0.25, 0.3) is 0 Å². The predicted molar refractivity (Wildman–Crippen MR) is 108 cm³/mol. The summed E-state index contributed by atoms with van der Waals surface area (Å²) < 4.78 is 0. The van der Waals surface area contributed by atoms with E-state index in [2.05, 4.69) is 43.5 Å². The molecule has 2 saturated heterocycles. The maximum Gasteiger partial charge on any atom is 0.172 e. The number of hydrogen-bond acceptors (Lipinski definition) is 6. The number of aromatic nitrogens is 4. The van der Waals surface area contributed by atoms with Gasteiger partial charge in [-0.25, -0.2) is 9.97 Å². The zero-order valence-electron chi connectivity index (χ0n) is 15.5. The molecule has 0 radical (unpaired) electrons.